The summed E-state index contributed by atoms with van der Waals surface area (Å²) in [7, 11) is 0. The van der Waals surface area contributed by atoms with Gasteiger partial charge in [-0.1, -0.05) is 23.9 Å². The van der Waals surface area contributed by atoms with Crippen molar-refractivity contribution < 1.29 is 17.6 Å². The van der Waals surface area contributed by atoms with E-state index in [1.54, 1.807) is 12.1 Å². The molecule has 18 heavy (non-hydrogen) atoms. The van der Waals surface area contributed by atoms with Gasteiger partial charge in [-0.2, -0.15) is 0 Å². The van der Waals surface area contributed by atoms with Gasteiger partial charge in [0.05, 0.1) is 12.2 Å². The van der Waals surface area contributed by atoms with E-state index in [9.17, 15) is 13.2 Å². The van der Waals surface area contributed by atoms with Crippen molar-refractivity contribution in [1.82, 2.24) is 10.2 Å². The lowest BCUT2D eigenvalue weighted by molar-refractivity contribution is 0.176. The smallest absolute Gasteiger partial charge is 0.276 e. The Labute approximate surface area is 105 Å². The molecule has 0 spiro atoms. The number of aromatic nitrogens is 2. The summed E-state index contributed by atoms with van der Waals surface area (Å²) in [5.74, 6) is -0.460. The average Bonchev–Trinajstić information content (AvgIpc) is 2.74. The number of thioether (sulfide) groups is 1. The summed E-state index contributed by atoms with van der Waals surface area (Å²) in [5, 5.41) is 7.44. The van der Waals surface area contributed by atoms with Crippen LogP contribution in [0, 0.1) is 5.82 Å². The maximum atomic E-state index is 12.9. The van der Waals surface area contributed by atoms with Crippen molar-refractivity contribution in [3.63, 3.8) is 0 Å². The van der Waals surface area contributed by atoms with Gasteiger partial charge in [-0.3, -0.25) is 0 Å². The number of hydrogen-bond acceptors (Lipinski definition) is 4. The second-order valence-corrected chi connectivity index (χ2v) is 4.44. The summed E-state index contributed by atoms with van der Waals surface area (Å²) < 4.78 is 42.0. The number of benzene rings is 1. The highest BCUT2D eigenvalue weighted by atomic mass is 32.2. The third kappa shape index (κ3) is 3.76. The number of halogens is 3. The number of rotatable bonds is 5. The fourth-order valence-electron chi connectivity index (χ4n) is 1.32. The van der Waals surface area contributed by atoms with E-state index in [-0.39, 0.29) is 29.1 Å². The first-order valence-electron chi connectivity index (χ1n) is 5.11. The molecule has 7 heteroatoms. The molecule has 0 amide bonds. The SMILES string of the molecule is Fc1cccc(Cc2nnc(SCC(F)F)o2)c1. The predicted octanol–water partition coefficient (Wildman–Crippen LogP) is 3.16. The minimum Gasteiger partial charge on any atom is -0.416 e. The summed E-state index contributed by atoms with van der Waals surface area (Å²) in [6.07, 6.45) is -2.14. The highest BCUT2D eigenvalue weighted by Crippen LogP contribution is 2.19. The van der Waals surface area contributed by atoms with Crippen LogP contribution in [0.3, 0.4) is 0 Å². The number of nitrogens with zero attached hydrogens (tertiary/aromatic N) is 2. The van der Waals surface area contributed by atoms with Crippen molar-refractivity contribution in [1.29, 1.82) is 0 Å². The first kappa shape index (κ1) is 12.9. The van der Waals surface area contributed by atoms with Crippen LogP contribution in [0.25, 0.3) is 0 Å². The molecule has 1 aromatic carbocycles. The minimum atomic E-state index is -2.42. The zero-order valence-electron chi connectivity index (χ0n) is 9.15. The lowest BCUT2D eigenvalue weighted by atomic mass is 10.1. The molecule has 0 aliphatic carbocycles. The van der Waals surface area contributed by atoms with Crippen LogP contribution in [0.1, 0.15) is 11.5 Å². The van der Waals surface area contributed by atoms with Crippen LogP contribution < -0.4 is 0 Å². The molecule has 0 aliphatic heterocycles. The second kappa shape index (κ2) is 5.90. The molecule has 0 unspecified atom stereocenters. The first-order valence-corrected chi connectivity index (χ1v) is 6.10. The maximum absolute atomic E-state index is 12.9. The molecule has 2 aromatic rings. The van der Waals surface area contributed by atoms with Crippen molar-refractivity contribution >= 4 is 11.8 Å². The Morgan fingerprint density at radius 3 is 2.83 bits per heavy atom. The van der Waals surface area contributed by atoms with Gasteiger partial charge in [0, 0.05) is 0 Å². The van der Waals surface area contributed by atoms with Crippen molar-refractivity contribution in [3.8, 4) is 0 Å². The van der Waals surface area contributed by atoms with Crippen LogP contribution in [0.5, 0.6) is 0 Å². The van der Waals surface area contributed by atoms with Gasteiger partial charge < -0.3 is 4.42 Å². The summed E-state index contributed by atoms with van der Waals surface area (Å²) in [6, 6.07) is 5.99. The molecule has 2 rings (SSSR count). The molecule has 3 nitrogen and oxygen atoms in total. The number of hydrogen-bond donors (Lipinski definition) is 0. The molecule has 0 saturated carbocycles. The van der Waals surface area contributed by atoms with Gasteiger partial charge in [-0.25, -0.2) is 13.2 Å². The van der Waals surface area contributed by atoms with E-state index < -0.39 is 6.43 Å². The Morgan fingerprint density at radius 2 is 2.11 bits per heavy atom. The summed E-state index contributed by atoms with van der Waals surface area (Å²) in [5.41, 5.74) is 0.684. The Hall–Kier alpha value is -1.50. The van der Waals surface area contributed by atoms with Crippen LogP contribution >= 0.6 is 11.8 Å². The van der Waals surface area contributed by atoms with Crippen LogP contribution in [0.15, 0.2) is 33.9 Å². The van der Waals surface area contributed by atoms with E-state index in [4.69, 9.17) is 4.42 Å². The van der Waals surface area contributed by atoms with Crippen LogP contribution in [0.2, 0.25) is 0 Å². The summed E-state index contributed by atoms with van der Waals surface area (Å²) >= 11 is 0.799. The minimum absolute atomic E-state index is 0.0988. The highest BCUT2D eigenvalue weighted by Gasteiger charge is 2.11. The molecular weight excluding hydrogens is 265 g/mol. The standard InChI is InChI=1S/C11H9F3N2OS/c12-8-3-1-2-7(4-8)5-10-15-16-11(17-10)18-6-9(13)14/h1-4,9H,5-6H2. The largest absolute Gasteiger partial charge is 0.416 e. The maximum Gasteiger partial charge on any atom is 0.276 e. The third-order valence-corrected chi connectivity index (χ3v) is 2.86. The van der Waals surface area contributed by atoms with Gasteiger partial charge in [0.2, 0.25) is 12.3 Å². The average molecular weight is 274 g/mol. The van der Waals surface area contributed by atoms with Gasteiger partial charge in [-0.15, -0.1) is 10.2 Å². The van der Waals surface area contributed by atoms with Crippen molar-refractivity contribution in [2.75, 3.05) is 5.75 Å². The topological polar surface area (TPSA) is 38.9 Å². The first-order chi connectivity index (χ1) is 8.63. The molecule has 0 fully saturated rings. The fraction of sp³-hybridized carbons (Fsp3) is 0.273. The van der Waals surface area contributed by atoms with Gasteiger partial charge in [0.1, 0.15) is 5.82 Å². The van der Waals surface area contributed by atoms with E-state index in [1.165, 1.54) is 12.1 Å². The Kier molecular flexibility index (Phi) is 4.24. The quantitative estimate of drug-likeness (QED) is 0.785. The van der Waals surface area contributed by atoms with Gasteiger partial charge in [0.15, 0.2) is 0 Å². The van der Waals surface area contributed by atoms with E-state index in [0.29, 0.717) is 5.56 Å². The molecule has 1 aromatic heterocycles. The molecule has 1 heterocycles. The van der Waals surface area contributed by atoms with Crippen LogP contribution in [-0.2, 0) is 6.42 Å². The van der Waals surface area contributed by atoms with E-state index in [0.717, 1.165) is 11.8 Å². The lowest BCUT2D eigenvalue weighted by Crippen LogP contribution is -1.92. The molecule has 0 bridgehead atoms. The van der Waals surface area contributed by atoms with Crippen LogP contribution in [-0.4, -0.2) is 22.4 Å². The zero-order chi connectivity index (χ0) is 13.0. The lowest BCUT2D eigenvalue weighted by Gasteiger charge is -1.96. The molecule has 0 radical (unpaired) electrons. The van der Waals surface area contributed by atoms with E-state index >= 15 is 0 Å². The van der Waals surface area contributed by atoms with Crippen molar-refractivity contribution in [3.05, 3.63) is 41.5 Å². The second-order valence-electron chi connectivity index (χ2n) is 3.47. The normalized spacial score (nSPS) is 11.1. The Balaban J connectivity index is 1.98. The summed E-state index contributed by atoms with van der Waals surface area (Å²) in [4.78, 5) is 0. The Bertz CT molecular complexity index is 518. The molecule has 0 atom stereocenters. The monoisotopic (exact) mass is 274 g/mol. The third-order valence-electron chi connectivity index (χ3n) is 2.03. The van der Waals surface area contributed by atoms with Crippen molar-refractivity contribution in [2.45, 2.75) is 18.1 Å². The van der Waals surface area contributed by atoms with Crippen LogP contribution in [0.4, 0.5) is 13.2 Å². The molecule has 0 aliphatic rings. The molecule has 0 N–H and O–H groups in total. The zero-order valence-corrected chi connectivity index (χ0v) is 9.96. The highest BCUT2D eigenvalue weighted by molar-refractivity contribution is 7.99. The van der Waals surface area contributed by atoms with Gasteiger partial charge in [-0.05, 0) is 17.7 Å². The predicted molar refractivity (Wildman–Crippen MR) is 60.2 cm³/mol. The van der Waals surface area contributed by atoms with Gasteiger partial charge in [0.25, 0.3) is 5.22 Å². The fourth-order valence-corrected chi connectivity index (χ4v) is 1.85. The molecular formula is C11H9F3N2OS. The molecule has 96 valence electrons. The molecule has 0 saturated heterocycles. The Morgan fingerprint density at radius 1 is 1.28 bits per heavy atom. The van der Waals surface area contributed by atoms with E-state index in [1.807, 2.05) is 0 Å². The van der Waals surface area contributed by atoms with E-state index in [2.05, 4.69) is 10.2 Å². The number of alkyl halides is 2. The van der Waals surface area contributed by atoms with Gasteiger partial charge >= 0.3 is 0 Å². The summed E-state index contributed by atoms with van der Waals surface area (Å²) in [6.45, 7) is 0. The van der Waals surface area contributed by atoms with Crippen molar-refractivity contribution in [2.24, 2.45) is 0 Å².